The molecule has 0 fully saturated rings. The highest BCUT2D eigenvalue weighted by atomic mass is 19.1. The van der Waals surface area contributed by atoms with Gasteiger partial charge in [-0.05, 0) is 91.5 Å². The Balaban J connectivity index is 1.51. The van der Waals surface area contributed by atoms with Crippen molar-refractivity contribution >= 4 is 10.9 Å². The fourth-order valence-electron chi connectivity index (χ4n) is 4.55. The van der Waals surface area contributed by atoms with Gasteiger partial charge in [0, 0.05) is 11.6 Å². The van der Waals surface area contributed by atoms with Crippen molar-refractivity contribution in [1.29, 1.82) is 0 Å². The molecular weight excluding hydrogens is 376 g/mol. The molecule has 2 unspecified atom stereocenters. The number of aromatic nitrogens is 1. The van der Waals surface area contributed by atoms with Gasteiger partial charge < -0.3 is 0 Å². The summed E-state index contributed by atoms with van der Waals surface area (Å²) in [6, 6.07) is 13.8. The van der Waals surface area contributed by atoms with Crippen LogP contribution < -0.4 is 0 Å². The summed E-state index contributed by atoms with van der Waals surface area (Å²) in [5.41, 5.74) is 3.28. The fourth-order valence-corrected chi connectivity index (χ4v) is 4.55. The first-order chi connectivity index (χ1) is 14.6. The standard InChI is InChI=1S/C27H33F2N/c1-3-6-22(20(2)7-4-8-21-11-13-24(28)14-12-21)9-5-10-23-17-18-30-27-16-15-25(29)19-26(23)27/h11-20,22H,3-10H2,1-2H3. The molecule has 1 heterocycles. The zero-order chi connectivity index (χ0) is 21.3. The van der Waals surface area contributed by atoms with Gasteiger partial charge in [-0.15, -0.1) is 0 Å². The predicted molar refractivity (Wildman–Crippen MR) is 122 cm³/mol. The van der Waals surface area contributed by atoms with Gasteiger partial charge >= 0.3 is 0 Å². The maximum absolute atomic E-state index is 13.7. The van der Waals surface area contributed by atoms with Gasteiger partial charge in [-0.1, -0.05) is 45.2 Å². The second-order valence-electron chi connectivity index (χ2n) is 8.57. The summed E-state index contributed by atoms with van der Waals surface area (Å²) in [5.74, 6) is 1.03. The lowest BCUT2D eigenvalue weighted by Crippen LogP contribution is -2.13. The van der Waals surface area contributed by atoms with Crippen LogP contribution in [0.25, 0.3) is 10.9 Å². The summed E-state index contributed by atoms with van der Waals surface area (Å²) >= 11 is 0. The van der Waals surface area contributed by atoms with Crippen molar-refractivity contribution in [3.8, 4) is 0 Å². The number of aryl methyl sites for hydroxylation is 2. The number of nitrogens with zero attached hydrogens (tertiary/aromatic N) is 1. The van der Waals surface area contributed by atoms with Crippen LogP contribution in [0, 0.1) is 23.5 Å². The molecule has 0 amide bonds. The molecule has 0 N–H and O–H groups in total. The Hall–Kier alpha value is -2.29. The summed E-state index contributed by atoms with van der Waals surface area (Å²) in [4.78, 5) is 4.36. The lowest BCUT2D eigenvalue weighted by molar-refractivity contribution is 0.286. The van der Waals surface area contributed by atoms with Crippen molar-refractivity contribution in [1.82, 2.24) is 4.98 Å². The first kappa shape index (κ1) is 22.4. The monoisotopic (exact) mass is 409 g/mol. The van der Waals surface area contributed by atoms with Crippen molar-refractivity contribution in [3.63, 3.8) is 0 Å². The summed E-state index contributed by atoms with van der Waals surface area (Å²) in [6.07, 6.45) is 10.9. The highest BCUT2D eigenvalue weighted by Crippen LogP contribution is 2.29. The molecule has 3 rings (SSSR count). The van der Waals surface area contributed by atoms with E-state index in [2.05, 4.69) is 18.8 Å². The molecule has 0 radical (unpaired) electrons. The quantitative estimate of drug-likeness (QED) is 0.313. The molecule has 0 aliphatic rings. The topological polar surface area (TPSA) is 12.9 Å². The minimum Gasteiger partial charge on any atom is -0.256 e. The number of pyridine rings is 1. The zero-order valence-corrected chi connectivity index (χ0v) is 18.2. The SMILES string of the molecule is CCCC(CCCc1ccnc2ccc(F)cc12)C(C)CCCc1ccc(F)cc1. The molecule has 0 saturated heterocycles. The molecule has 160 valence electrons. The van der Waals surface area contributed by atoms with E-state index in [-0.39, 0.29) is 11.6 Å². The largest absolute Gasteiger partial charge is 0.256 e. The molecule has 0 aliphatic heterocycles. The highest BCUT2D eigenvalue weighted by Gasteiger charge is 2.16. The van der Waals surface area contributed by atoms with Gasteiger partial charge in [-0.3, -0.25) is 4.98 Å². The van der Waals surface area contributed by atoms with Crippen molar-refractivity contribution in [2.45, 2.75) is 65.2 Å². The summed E-state index contributed by atoms with van der Waals surface area (Å²) in [7, 11) is 0. The number of rotatable bonds is 11. The van der Waals surface area contributed by atoms with Crippen molar-refractivity contribution < 1.29 is 8.78 Å². The van der Waals surface area contributed by atoms with E-state index in [1.807, 2.05) is 24.4 Å². The summed E-state index contributed by atoms with van der Waals surface area (Å²) < 4.78 is 26.7. The Labute approximate surface area is 179 Å². The molecule has 0 bridgehead atoms. The van der Waals surface area contributed by atoms with Crippen molar-refractivity contribution in [2.75, 3.05) is 0 Å². The van der Waals surface area contributed by atoms with E-state index in [1.54, 1.807) is 24.3 Å². The molecule has 3 heteroatoms. The average molecular weight is 410 g/mol. The molecule has 0 saturated carbocycles. The number of hydrogen-bond donors (Lipinski definition) is 0. The third-order valence-electron chi connectivity index (χ3n) is 6.32. The molecule has 2 aromatic carbocycles. The van der Waals surface area contributed by atoms with Crippen LogP contribution in [0.15, 0.2) is 54.7 Å². The molecule has 0 aliphatic carbocycles. The lowest BCUT2D eigenvalue weighted by atomic mass is 9.82. The van der Waals surface area contributed by atoms with Gasteiger partial charge in [0.05, 0.1) is 5.52 Å². The maximum Gasteiger partial charge on any atom is 0.123 e. The molecule has 0 spiro atoms. The highest BCUT2D eigenvalue weighted by molar-refractivity contribution is 5.81. The third kappa shape index (κ3) is 6.35. The average Bonchev–Trinajstić information content (AvgIpc) is 2.74. The molecule has 3 aromatic rings. The Morgan fingerprint density at radius 3 is 2.33 bits per heavy atom. The van der Waals surface area contributed by atoms with Crippen LogP contribution in [-0.4, -0.2) is 4.98 Å². The second-order valence-corrected chi connectivity index (χ2v) is 8.57. The van der Waals surface area contributed by atoms with Crippen LogP contribution in [0.5, 0.6) is 0 Å². The van der Waals surface area contributed by atoms with Gasteiger partial charge in [-0.25, -0.2) is 8.78 Å². The van der Waals surface area contributed by atoms with Gasteiger partial charge in [-0.2, -0.15) is 0 Å². The zero-order valence-electron chi connectivity index (χ0n) is 18.2. The van der Waals surface area contributed by atoms with Gasteiger partial charge in [0.2, 0.25) is 0 Å². The Morgan fingerprint density at radius 2 is 1.57 bits per heavy atom. The Bertz CT molecular complexity index is 920. The van der Waals surface area contributed by atoms with E-state index in [1.165, 1.54) is 42.9 Å². The van der Waals surface area contributed by atoms with E-state index in [0.717, 1.165) is 36.6 Å². The summed E-state index contributed by atoms with van der Waals surface area (Å²) in [6.45, 7) is 4.64. The fraction of sp³-hybridized carbons (Fsp3) is 0.444. The van der Waals surface area contributed by atoms with Crippen molar-refractivity contribution in [2.24, 2.45) is 11.8 Å². The van der Waals surface area contributed by atoms with Gasteiger partial charge in [0.15, 0.2) is 0 Å². The minimum atomic E-state index is -0.199. The number of hydrogen-bond acceptors (Lipinski definition) is 1. The van der Waals surface area contributed by atoms with E-state index in [9.17, 15) is 8.78 Å². The van der Waals surface area contributed by atoms with E-state index < -0.39 is 0 Å². The van der Waals surface area contributed by atoms with E-state index in [4.69, 9.17) is 0 Å². The van der Waals surface area contributed by atoms with Crippen LogP contribution >= 0.6 is 0 Å². The number of benzene rings is 2. The lowest BCUT2D eigenvalue weighted by Gasteiger charge is -2.24. The number of halogens is 2. The maximum atomic E-state index is 13.7. The van der Waals surface area contributed by atoms with Crippen LogP contribution in [0.1, 0.15) is 63.5 Å². The van der Waals surface area contributed by atoms with Crippen LogP contribution in [0.4, 0.5) is 8.78 Å². The van der Waals surface area contributed by atoms with E-state index in [0.29, 0.717) is 11.8 Å². The normalized spacial score (nSPS) is 13.5. The third-order valence-corrected chi connectivity index (χ3v) is 6.32. The van der Waals surface area contributed by atoms with Gasteiger partial charge in [0.1, 0.15) is 11.6 Å². The van der Waals surface area contributed by atoms with Crippen LogP contribution in [-0.2, 0) is 12.8 Å². The molecule has 1 aromatic heterocycles. The molecule has 30 heavy (non-hydrogen) atoms. The number of fused-ring (bicyclic) bond motifs is 1. The van der Waals surface area contributed by atoms with Crippen LogP contribution in [0.2, 0.25) is 0 Å². The first-order valence-electron chi connectivity index (χ1n) is 11.3. The molecular formula is C27H33F2N. The minimum absolute atomic E-state index is 0.167. The molecule has 1 nitrogen and oxygen atoms in total. The Kier molecular flexibility index (Phi) is 8.36. The Morgan fingerprint density at radius 1 is 0.833 bits per heavy atom. The summed E-state index contributed by atoms with van der Waals surface area (Å²) in [5, 5.41) is 0.942. The van der Waals surface area contributed by atoms with Crippen molar-refractivity contribution in [3.05, 3.63) is 77.5 Å². The first-order valence-corrected chi connectivity index (χ1v) is 11.3. The molecule has 2 atom stereocenters. The van der Waals surface area contributed by atoms with E-state index >= 15 is 0 Å². The van der Waals surface area contributed by atoms with Gasteiger partial charge in [0.25, 0.3) is 0 Å². The predicted octanol–water partition coefficient (Wildman–Crippen LogP) is 7.91. The second kappa shape index (κ2) is 11.2. The van der Waals surface area contributed by atoms with Crippen LogP contribution in [0.3, 0.4) is 0 Å². The smallest absolute Gasteiger partial charge is 0.123 e.